The summed E-state index contributed by atoms with van der Waals surface area (Å²) >= 11 is 3.45. The Morgan fingerprint density at radius 1 is 1.17 bits per heavy atom. The van der Waals surface area contributed by atoms with Crippen molar-refractivity contribution in [3.05, 3.63) is 70.3 Å². The lowest BCUT2D eigenvalue weighted by atomic mass is 10.1. The first-order valence-corrected chi connectivity index (χ1v) is 7.59. The van der Waals surface area contributed by atoms with Crippen molar-refractivity contribution in [2.75, 3.05) is 0 Å². The summed E-state index contributed by atoms with van der Waals surface area (Å²) < 4.78 is 11.6. The van der Waals surface area contributed by atoms with E-state index < -0.39 is 5.97 Å². The standard InChI is InChI=1S/C17H12BrNO4/c18-13-8-12(16-9-14(17(20)21)19-23-16)6-7-15(13)22-10-11-4-2-1-3-5-11/h1-9H,10H2,(H,20,21). The van der Waals surface area contributed by atoms with Gasteiger partial charge >= 0.3 is 5.97 Å². The molecule has 0 amide bonds. The second-order valence-corrected chi connectivity index (χ2v) is 5.66. The Bertz CT molecular complexity index is 830. The van der Waals surface area contributed by atoms with Gasteiger partial charge in [-0.1, -0.05) is 35.5 Å². The zero-order chi connectivity index (χ0) is 16.2. The summed E-state index contributed by atoms with van der Waals surface area (Å²) in [6.07, 6.45) is 0. The largest absolute Gasteiger partial charge is 0.488 e. The van der Waals surface area contributed by atoms with E-state index in [2.05, 4.69) is 21.1 Å². The second-order valence-electron chi connectivity index (χ2n) is 4.80. The van der Waals surface area contributed by atoms with Crippen molar-refractivity contribution in [1.29, 1.82) is 0 Å². The van der Waals surface area contributed by atoms with E-state index in [0.29, 0.717) is 23.7 Å². The second kappa shape index (κ2) is 6.66. The summed E-state index contributed by atoms with van der Waals surface area (Å²) in [7, 11) is 0. The molecule has 0 aliphatic rings. The molecule has 5 nitrogen and oxygen atoms in total. The number of hydrogen-bond acceptors (Lipinski definition) is 4. The van der Waals surface area contributed by atoms with Crippen molar-refractivity contribution in [2.45, 2.75) is 6.61 Å². The molecule has 116 valence electrons. The van der Waals surface area contributed by atoms with Crippen LogP contribution in [-0.2, 0) is 6.61 Å². The van der Waals surface area contributed by atoms with Crippen LogP contribution in [0.1, 0.15) is 16.1 Å². The van der Waals surface area contributed by atoms with Gasteiger partial charge in [0.2, 0.25) is 0 Å². The van der Waals surface area contributed by atoms with Gasteiger partial charge in [0.15, 0.2) is 11.5 Å². The first-order chi connectivity index (χ1) is 11.1. The Kier molecular flexibility index (Phi) is 4.43. The van der Waals surface area contributed by atoms with E-state index in [-0.39, 0.29) is 5.69 Å². The molecule has 0 spiro atoms. The van der Waals surface area contributed by atoms with Crippen LogP contribution in [0.15, 0.2) is 63.6 Å². The molecule has 2 aromatic carbocycles. The fraction of sp³-hybridized carbons (Fsp3) is 0.0588. The molecule has 0 radical (unpaired) electrons. The summed E-state index contributed by atoms with van der Waals surface area (Å²) in [5.74, 6) is -0.0461. The van der Waals surface area contributed by atoms with Crippen molar-refractivity contribution in [2.24, 2.45) is 0 Å². The molecule has 6 heteroatoms. The van der Waals surface area contributed by atoms with Crippen LogP contribution in [0.2, 0.25) is 0 Å². The van der Waals surface area contributed by atoms with Gasteiger partial charge in [-0.15, -0.1) is 0 Å². The lowest BCUT2D eigenvalue weighted by Crippen LogP contribution is -1.95. The topological polar surface area (TPSA) is 72.6 Å². The van der Waals surface area contributed by atoms with Crippen LogP contribution in [-0.4, -0.2) is 16.2 Å². The third-order valence-corrected chi connectivity index (χ3v) is 3.80. The molecule has 0 bridgehead atoms. The number of hydrogen-bond donors (Lipinski definition) is 1. The van der Waals surface area contributed by atoms with Crippen molar-refractivity contribution >= 4 is 21.9 Å². The summed E-state index contributed by atoms with van der Waals surface area (Å²) in [5, 5.41) is 12.4. The van der Waals surface area contributed by atoms with Crippen LogP contribution < -0.4 is 4.74 Å². The zero-order valence-electron chi connectivity index (χ0n) is 11.9. The Morgan fingerprint density at radius 3 is 2.61 bits per heavy atom. The molecule has 3 aromatic rings. The van der Waals surface area contributed by atoms with E-state index >= 15 is 0 Å². The quantitative estimate of drug-likeness (QED) is 0.718. The molecule has 3 rings (SSSR count). The third-order valence-electron chi connectivity index (χ3n) is 3.18. The summed E-state index contributed by atoms with van der Waals surface area (Å²) in [6, 6.07) is 16.6. The predicted octanol–water partition coefficient (Wildman–Crippen LogP) is 4.38. The highest BCUT2D eigenvalue weighted by molar-refractivity contribution is 9.10. The Labute approximate surface area is 140 Å². The molecule has 0 aliphatic heterocycles. The van der Waals surface area contributed by atoms with Gasteiger partial charge in [-0.05, 0) is 39.7 Å². The number of nitrogens with zero attached hydrogens (tertiary/aromatic N) is 1. The SMILES string of the molecule is O=C(O)c1cc(-c2ccc(OCc3ccccc3)c(Br)c2)on1. The predicted molar refractivity (Wildman–Crippen MR) is 87.4 cm³/mol. The van der Waals surface area contributed by atoms with Crippen molar-refractivity contribution in [1.82, 2.24) is 5.16 Å². The van der Waals surface area contributed by atoms with E-state index in [1.165, 1.54) is 6.07 Å². The number of benzene rings is 2. The van der Waals surface area contributed by atoms with Gasteiger partial charge < -0.3 is 14.4 Å². The number of carbonyl (C=O) groups is 1. The van der Waals surface area contributed by atoms with Gasteiger partial charge in [0.1, 0.15) is 12.4 Å². The van der Waals surface area contributed by atoms with Crippen molar-refractivity contribution in [3.8, 4) is 17.1 Å². The maximum atomic E-state index is 10.8. The molecule has 1 heterocycles. The normalized spacial score (nSPS) is 10.5. The lowest BCUT2D eigenvalue weighted by Gasteiger charge is -2.09. The molecule has 0 unspecified atom stereocenters. The van der Waals surface area contributed by atoms with E-state index in [9.17, 15) is 4.79 Å². The minimum atomic E-state index is -1.12. The molecular formula is C17H12BrNO4. The average molecular weight is 374 g/mol. The number of ether oxygens (including phenoxy) is 1. The molecule has 1 aromatic heterocycles. The van der Waals surface area contributed by atoms with Crippen LogP contribution in [0, 0.1) is 0 Å². The number of carboxylic acid groups (broad SMARTS) is 1. The molecule has 0 saturated heterocycles. The van der Waals surface area contributed by atoms with Crippen LogP contribution in [0.25, 0.3) is 11.3 Å². The van der Waals surface area contributed by atoms with E-state index in [4.69, 9.17) is 14.4 Å². The number of rotatable bonds is 5. The maximum absolute atomic E-state index is 10.8. The number of aromatic carboxylic acids is 1. The number of aromatic nitrogens is 1. The molecule has 1 N–H and O–H groups in total. The molecule has 0 saturated carbocycles. The molecule has 0 aliphatic carbocycles. The minimum absolute atomic E-state index is 0.125. The summed E-state index contributed by atoms with van der Waals surface area (Å²) in [6.45, 7) is 0.463. The highest BCUT2D eigenvalue weighted by atomic mass is 79.9. The maximum Gasteiger partial charge on any atom is 0.358 e. The third kappa shape index (κ3) is 3.60. The smallest absolute Gasteiger partial charge is 0.358 e. The van der Waals surface area contributed by atoms with Crippen molar-refractivity contribution in [3.63, 3.8) is 0 Å². The number of halogens is 1. The van der Waals surface area contributed by atoms with Gasteiger partial charge in [-0.25, -0.2) is 4.79 Å². The lowest BCUT2D eigenvalue weighted by molar-refractivity contribution is 0.0686. The van der Waals surface area contributed by atoms with Gasteiger partial charge in [0.05, 0.1) is 4.47 Å². The minimum Gasteiger partial charge on any atom is -0.488 e. The van der Waals surface area contributed by atoms with Gasteiger partial charge in [-0.2, -0.15) is 0 Å². The van der Waals surface area contributed by atoms with Crippen molar-refractivity contribution < 1.29 is 19.2 Å². The van der Waals surface area contributed by atoms with E-state index in [1.807, 2.05) is 30.3 Å². The van der Waals surface area contributed by atoms with E-state index in [1.54, 1.807) is 18.2 Å². The molecule has 23 heavy (non-hydrogen) atoms. The van der Waals surface area contributed by atoms with Crippen LogP contribution in [0.4, 0.5) is 0 Å². The Balaban J connectivity index is 1.76. The highest BCUT2D eigenvalue weighted by Gasteiger charge is 2.13. The first kappa shape index (κ1) is 15.3. The zero-order valence-corrected chi connectivity index (χ0v) is 13.5. The average Bonchev–Trinajstić information content (AvgIpc) is 3.05. The van der Waals surface area contributed by atoms with Gasteiger partial charge in [0.25, 0.3) is 0 Å². The van der Waals surface area contributed by atoms with Crippen LogP contribution in [0.5, 0.6) is 5.75 Å². The Hall–Kier alpha value is -2.60. The van der Waals surface area contributed by atoms with Crippen LogP contribution >= 0.6 is 15.9 Å². The fourth-order valence-electron chi connectivity index (χ4n) is 2.02. The number of carboxylic acids is 1. The van der Waals surface area contributed by atoms with E-state index in [0.717, 1.165) is 10.0 Å². The first-order valence-electron chi connectivity index (χ1n) is 6.80. The van der Waals surface area contributed by atoms with Gasteiger partial charge in [0, 0.05) is 11.6 Å². The monoisotopic (exact) mass is 373 g/mol. The van der Waals surface area contributed by atoms with Crippen LogP contribution in [0.3, 0.4) is 0 Å². The highest BCUT2D eigenvalue weighted by Crippen LogP contribution is 2.31. The summed E-state index contributed by atoms with van der Waals surface area (Å²) in [5.41, 5.74) is 1.66. The van der Waals surface area contributed by atoms with Gasteiger partial charge in [-0.3, -0.25) is 0 Å². The fourth-order valence-corrected chi connectivity index (χ4v) is 2.51. The molecule has 0 fully saturated rings. The molecular weight excluding hydrogens is 362 g/mol. The molecule has 0 atom stereocenters. The Morgan fingerprint density at radius 2 is 1.96 bits per heavy atom. The summed E-state index contributed by atoms with van der Waals surface area (Å²) in [4.78, 5) is 10.8.